The largest absolute Gasteiger partial charge is 0.449 e. The number of ketones is 2. The summed E-state index contributed by atoms with van der Waals surface area (Å²) < 4.78 is 5.31. The van der Waals surface area contributed by atoms with Crippen molar-refractivity contribution in [3.63, 3.8) is 0 Å². The van der Waals surface area contributed by atoms with Crippen molar-refractivity contribution < 1.29 is 19.1 Å². The lowest BCUT2D eigenvalue weighted by atomic mass is 10.0. The molecule has 0 radical (unpaired) electrons. The number of esters is 1. The Kier molecular flexibility index (Phi) is 6.00. The average Bonchev–Trinajstić information content (AvgIpc) is 3.26. The van der Waals surface area contributed by atoms with Crippen LogP contribution in [0.5, 0.6) is 0 Å². The van der Waals surface area contributed by atoms with Crippen molar-refractivity contribution in [3.05, 3.63) is 62.9 Å². The molecule has 0 amide bonds. The van der Waals surface area contributed by atoms with Crippen molar-refractivity contribution in [1.29, 1.82) is 0 Å². The van der Waals surface area contributed by atoms with Gasteiger partial charge in [-0.05, 0) is 45.4 Å². The minimum absolute atomic E-state index is 0.119. The number of thiazole rings is 1. The molecule has 2 aromatic heterocycles. The first-order chi connectivity index (χ1) is 13.7. The van der Waals surface area contributed by atoms with E-state index in [2.05, 4.69) is 9.97 Å². The van der Waals surface area contributed by atoms with Crippen LogP contribution >= 0.6 is 22.9 Å². The van der Waals surface area contributed by atoms with Crippen LogP contribution in [0.1, 0.15) is 56.4 Å². The van der Waals surface area contributed by atoms with E-state index in [1.54, 1.807) is 37.4 Å². The smallest absolute Gasteiger partial charge is 0.358 e. The molecule has 8 heteroatoms. The molecule has 1 N–H and O–H groups in total. The third-order valence-electron chi connectivity index (χ3n) is 4.47. The Balaban J connectivity index is 1.75. The molecule has 1 atom stereocenters. The molecule has 0 saturated heterocycles. The van der Waals surface area contributed by atoms with Gasteiger partial charge in [0.05, 0.1) is 5.69 Å². The third kappa shape index (κ3) is 4.31. The number of aryl methyl sites for hydroxylation is 1. The lowest BCUT2D eigenvalue weighted by molar-refractivity contribution is 0.0312. The number of ether oxygens (including phenoxy) is 1. The summed E-state index contributed by atoms with van der Waals surface area (Å²) in [5, 5.41) is 2.77. The molecule has 0 unspecified atom stereocenters. The molecule has 2 heterocycles. The molecule has 0 aliphatic heterocycles. The number of nitrogens with zero attached hydrogens (tertiary/aromatic N) is 1. The monoisotopic (exact) mass is 430 g/mol. The number of aromatic nitrogens is 2. The Morgan fingerprint density at radius 3 is 2.59 bits per heavy atom. The van der Waals surface area contributed by atoms with E-state index >= 15 is 0 Å². The van der Waals surface area contributed by atoms with E-state index in [0.717, 1.165) is 5.56 Å². The summed E-state index contributed by atoms with van der Waals surface area (Å²) in [4.78, 5) is 44.2. The number of halogens is 1. The predicted molar refractivity (Wildman–Crippen MR) is 112 cm³/mol. The third-order valence-corrected chi connectivity index (χ3v) is 5.60. The molecule has 0 bridgehead atoms. The first kappa shape index (κ1) is 21.0. The second kappa shape index (κ2) is 8.31. The molecular formula is C21H19ClN2O4S. The van der Waals surface area contributed by atoms with Crippen LogP contribution in [-0.4, -0.2) is 33.6 Å². The fourth-order valence-corrected chi connectivity index (χ4v) is 4.10. The minimum atomic E-state index is -1.03. The van der Waals surface area contributed by atoms with Crippen molar-refractivity contribution >= 4 is 40.5 Å². The average molecular weight is 431 g/mol. The first-order valence-corrected chi connectivity index (χ1v) is 10.1. The highest BCUT2D eigenvalue weighted by molar-refractivity contribution is 7.13. The van der Waals surface area contributed by atoms with Crippen LogP contribution < -0.4 is 0 Å². The number of aromatic amines is 1. The maximum atomic E-state index is 12.7. The van der Waals surface area contributed by atoms with Crippen molar-refractivity contribution in [2.24, 2.45) is 0 Å². The molecule has 3 rings (SSSR count). The van der Waals surface area contributed by atoms with E-state index in [1.165, 1.54) is 25.2 Å². The van der Waals surface area contributed by atoms with Crippen LogP contribution in [0.4, 0.5) is 0 Å². The van der Waals surface area contributed by atoms with Crippen molar-refractivity contribution in [3.8, 4) is 10.6 Å². The standard InChI is InChI=1S/C21H19ClN2O4S/c1-10-17(12(3)25)11(2)23-18(10)19(26)13(4)28-21(27)16-9-29-20(24-16)14-6-5-7-15(22)8-14/h5-9,13,23H,1-4H3/t13-/m1/s1. The zero-order valence-electron chi connectivity index (χ0n) is 16.3. The molecule has 6 nitrogen and oxygen atoms in total. The summed E-state index contributed by atoms with van der Waals surface area (Å²) in [6, 6.07) is 7.15. The maximum Gasteiger partial charge on any atom is 0.358 e. The van der Waals surface area contributed by atoms with Crippen LogP contribution in [0.2, 0.25) is 5.02 Å². The van der Waals surface area contributed by atoms with Gasteiger partial charge in [-0.15, -0.1) is 11.3 Å². The van der Waals surface area contributed by atoms with Gasteiger partial charge in [0.25, 0.3) is 0 Å². The lowest BCUT2D eigenvalue weighted by Crippen LogP contribution is -2.25. The molecule has 0 aliphatic carbocycles. The molecule has 150 valence electrons. The molecule has 0 fully saturated rings. The number of H-pyrrole nitrogens is 1. The van der Waals surface area contributed by atoms with Crippen molar-refractivity contribution in [1.82, 2.24) is 9.97 Å². The van der Waals surface area contributed by atoms with E-state index in [4.69, 9.17) is 16.3 Å². The van der Waals surface area contributed by atoms with E-state index in [0.29, 0.717) is 26.9 Å². The van der Waals surface area contributed by atoms with Gasteiger partial charge in [0.2, 0.25) is 5.78 Å². The summed E-state index contributed by atoms with van der Waals surface area (Å²) in [7, 11) is 0. The fraction of sp³-hybridized carbons (Fsp3) is 0.238. The first-order valence-electron chi connectivity index (χ1n) is 8.85. The molecule has 3 aromatic rings. The Labute approximate surface area is 176 Å². The summed E-state index contributed by atoms with van der Waals surface area (Å²) in [6.07, 6.45) is -1.03. The highest BCUT2D eigenvalue weighted by atomic mass is 35.5. The van der Waals surface area contributed by atoms with Crippen LogP contribution in [0.15, 0.2) is 29.6 Å². The van der Waals surface area contributed by atoms with E-state index < -0.39 is 17.9 Å². The molecule has 0 spiro atoms. The van der Waals surface area contributed by atoms with Gasteiger partial charge in [-0.1, -0.05) is 23.7 Å². The SMILES string of the molecule is CC(=O)c1c(C)[nH]c(C(=O)[C@@H](C)OC(=O)c2csc(-c3cccc(Cl)c3)n2)c1C. The Morgan fingerprint density at radius 2 is 1.97 bits per heavy atom. The number of carbonyl (C=O) groups is 3. The Hall–Kier alpha value is -2.77. The van der Waals surface area contributed by atoms with Gasteiger partial charge >= 0.3 is 5.97 Å². The topological polar surface area (TPSA) is 89.1 Å². The van der Waals surface area contributed by atoms with Gasteiger partial charge in [0.1, 0.15) is 5.01 Å². The number of hydrogen-bond donors (Lipinski definition) is 1. The molecule has 0 aliphatic rings. The van der Waals surface area contributed by atoms with Crippen LogP contribution in [0, 0.1) is 13.8 Å². The van der Waals surface area contributed by atoms with Crippen LogP contribution in [0.3, 0.4) is 0 Å². The Bertz CT molecular complexity index is 1120. The predicted octanol–water partition coefficient (Wildman–Crippen LogP) is 5.04. The van der Waals surface area contributed by atoms with Gasteiger partial charge in [0.15, 0.2) is 17.6 Å². The molecule has 29 heavy (non-hydrogen) atoms. The van der Waals surface area contributed by atoms with E-state index in [1.807, 2.05) is 6.07 Å². The number of carbonyl (C=O) groups excluding carboxylic acids is 3. The molecule has 0 saturated carbocycles. The quantitative estimate of drug-likeness (QED) is 0.437. The van der Waals surface area contributed by atoms with Crippen LogP contribution in [-0.2, 0) is 4.74 Å². The van der Waals surface area contributed by atoms with Gasteiger partial charge in [0, 0.05) is 27.2 Å². The number of Topliss-reactive ketones (excluding diaryl/α,β-unsaturated/α-hetero) is 2. The highest BCUT2D eigenvalue weighted by Crippen LogP contribution is 2.27. The number of rotatable bonds is 6. The zero-order valence-corrected chi connectivity index (χ0v) is 17.9. The Morgan fingerprint density at radius 1 is 1.24 bits per heavy atom. The van der Waals surface area contributed by atoms with Crippen molar-refractivity contribution in [2.75, 3.05) is 0 Å². The normalized spacial score (nSPS) is 11.9. The zero-order chi connectivity index (χ0) is 21.3. The van der Waals surface area contributed by atoms with E-state index in [-0.39, 0.29) is 17.2 Å². The summed E-state index contributed by atoms with van der Waals surface area (Å²) in [5.41, 5.74) is 2.83. The molecule has 1 aromatic carbocycles. The van der Waals surface area contributed by atoms with Gasteiger partial charge in [-0.2, -0.15) is 0 Å². The summed E-state index contributed by atoms with van der Waals surface area (Å²) in [6.45, 7) is 6.36. The van der Waals surface area contributed by atoms with E-state index in [9.17, 15) is 14.4 Å². The number of nitrogens with one attached hydrogen (secondary N) is 1. The fourth-order valence-electron chi connectivity index (χ4n) is 3.12. The summed E-state index contributed by atoms with van der Waals surface area (Å²) >= 11 is 7.28. The number of hydrogen-bond acceptors (Lipinski definition) is 6. The van der Waals surface area contributed by atoms with Crippen LogP contribution in [0.25, 0.3) is 10.6 Å². The van der Waals surface area contributed by atoms with Gasteiger partial charge in [-0.25, -0.2) is 9.78 Å². The van der Waals surface area contributed by atoms with Crippen molar-refractivity contribution in [2.45, 2.75) is 33.8 Å². The highest BCUT2D eigenvalue weighted by Gasteiger charge is 2.27. The van der Waals surface area contributed by atoms with Gasteiger partial charge < -0.3 is 9.72 Å². The van der Waals surface area contributed by atoms with Gasteiger partial charge in [-0.3, -0.25) is 9.59 Å². The minimum Gasteiger partial charge on any atom is -0.449 e. The summed E-state index contributed by atoms with van der Waals surface area (Å²) in [5.74, 6) is -1.23. The maximum absolute atomic E-state index is 12.7. The second-order valence-corrected chi connectivity index (χ2v) is 7.94. The molecular weight excluding hydrogens is 412 g/mol. The number of benzene rings is 1. The lowest BCUT2D eigenvalue weighted by Gasteiger charge is -2.11. The second-order valence-electron chi connectivity index (χ2n) is 6.64.